The minimum absolute atomic E-state index is 0.0980. The molecule has 1 N–H and O–H groups in total. The van der Waals surface area contributed by atoms with E-state index in [2.05, 4.69) is 11.9 Å². The van der Waals surface area contributed by atoms with Crippen LogP contribution in [-0.4, -0.2) is 42.6 Å². The lowest BCUT2D eigenvalue weighted by molar-refractivity contribution is -0.126. The van der Waals surface area contributed by atoms with Gasteiger partial charge in [0.15, 0.2) is 0 Å². The van der Waals surface area contributed by atoms with Crippen molar-refractivity contribution in [2.24, 2.45) is 5.92 Å². The molecule has 0 aliphatic carbocycles. The number of fused-ring (bicyclic) bond motifs is 1. The molecule has 2 unspecified atom stereocenters. The molecule has 3 heterocycles. The van der Waals surface area contributed by atoms with Crippen LogP contribution in [0.5, 0.6) is 5.75 Å². The molecule has 3 aliphatic rings. The average Bonchev–Trinajstić information content (AvgIpc) is 2.98. The van der Waals surface area contributed by atoms with Crippen LogP contribution in [0.1, 0.15) is 41.6 Å². The Morgan fingerprint density at radius 1 is 1.31 bits per heavy atom. The minimum Gasteiger partial charge on any atom is -0.493 e. The quantitative estimate of drug-likeness (QED) is 0.898. The van der Waals surface area contributed by atoms with E-state index in [1.54, 1.807) is 4.90 Å². The molecule has 138 valence electrons. The number of nitrogens with zero attached hydrogens (tertiary/aromatic N) is 1. The lowest BCUT2D eigenvalue weighted by Crippen LogP contribution is -2.49. The highest BCUT2D eigenvalue weighted by Crippen LogP contribution is 2.34. The van der Waals surface area contributed by atoms with Crippen molar-refractivity contribution in [1.29, 1.82) is 0 Å². The van der Waals surface area contributed by atoms with Crippen LogP contribution in [0.15, 0.2) is 30.5 Å². The van der Waals surface area contributed by atoms with E-state index in [0.29, 0.717) is 43.2 Å². The third-order valence-electron chi connectivity index (χ3n) is 5.38. The number of carbonyl (C=O) groups excluding carboxylic acids is 2. The van der Waals surface area contributed by atoms with Crippen LogP contribution in [0.25, 0.3) is 0 Å². The van der Waals surface area contributed by atoms with Gasteiger partial charge in [-0.3, -0.25) is 9.59 Å². The molecule has 26 heavy (non-hydrogen) atoms. The number of piperidine rings is 1. The summed E-state index contributed by atoms with van der Waals surface area (Å²) in [7, 11) is 0. The van der Waals surface area contributed by atoms with Gasteiger partial charge in [-0.25, -0.2) is 0 Å². The zero-order valence-electron chi connectivity index (χ0n) is 14.8. The van der Waals surface area contributed by atoms with Crippen LogP contribution in [-0.2, 0) is 16.1 Å². The Hall–Kier alpha value is -2.34. The number of benzene rings is 1. The molecule has 1 aromatic rings. The lowest BCUT2D eigenvalue weighted by atomic mass is 10.0. The van der Waals surface area contributed by atoms with Gasteiger partial charge in [-0.15, -0.1) is 0 Å². The number of carbonyl (C=O) groups is 2. The lowest BCUT2D eigenvalue weighted by Gasteiger charge is -2.31. The predicted molar refractivity (Wildman–Crippen MR) is 95.7 cm³/mol. The Morgan fingerprint density at radius 3 is 2.96 bits per heavy atom. The van der Waals surface area contributed by atoms with E-state index in [0.717, 1.165) is 37.4 Å². The molecule has 1 aromatic carbocycles. The number of amides is 2. The third-order valence-corrected chi connectivity index (χ3v) is 5.38. The van der Waals surface area contributed by atoms with E-state index in [1.165, 1.54) is 0 Å². The molecular formula is C20H24N2O4. The van der Waals surface area contributed by atoms with Crippen LogP contribution in [0, 0.1) is 5.92 Å². The summed E-state index contributed by atoms with van der Waals surface area (Å²) in [5, 5.41) is 2.76. The van der Waals surface area contributed by atoms with E-state index < -0.39 is 6.04 Å². The van der Waals surface area contributed by atoms with E-state index in [1.807, 2.05) is 18.2 Å². The Kier molecular flexibility index (Phi) is 4.68. The van der Waals surface area contributed by atoms with E-state index >= 15 is 0 Å². The minimum atomic E-state index is -0.444. The summed E-state index contributed by atoms with van der Waals surface area (Å²) < 4.78 is 11.5. The van der Waals surface area contributed by atoms with Crippen LogP contribution >= 0.6 is 0 Å². The zero-order chi connectivity index (χ0) is 18.1. The number of rotatable bonds is 4. The summed E-state index contributed by atoms with van der Waals surface area (Å²) in [4.78, 5) is 26.8. The van der Waals surface area contributed by atoms with E-state index in [4.69, 9.17) is 9.47 Å². The maximum Gasteiger partial charge on any atom is 0.255 e. The van der Waals surface area contributed by atoms with Crippen molar-refractivity contribution >= 4 is 11.8 Å². The third kappa shape index (κ3) is 3.21. The van der Waals surface area contributed by atoms with Gasteiger partial charge in [0.2, 0.25) is 5.91 Å². The second-order valence-corrected chi connectivity index (χ2v) is 7.26. The molecular weight excluding hydrogens is 332 g/mol. The van der Waals surface area contributed by atoms with Gasteiger partial charge in [-0.05, 0) is 37.8 Å². The van der Waals surface area contributed by atoms with Gasteiger partial charge in [-0.1, -0.05) is 12.6 Å². The van der Waals surface area contributed by atoms with Gasteiger partial charge in [0.25, 0.3) is 5.91 Å². The second-order valence-electron chi connectivity index (χ2n) is 7.26. The maximum absolute atomic E-state index is 12.8. The fourth-order valence-electron chi connectivity index (χ4n) is 3.92. The van der Waals surface area contributed by atoms with Gasteiger partial charge in [0, 0.05) is 29.3 Å². The van der Waals surface area contributed by atoms with Crippen LogP contribution in [0.4, 0.5) is 0 Å². The largest absolute Gasteiger partial charge is 0.493 e. The Labute approximate surface area is 153 Å². The normalized spacial score (nSPS) is 25.8. The average molecular weight is 356 g/mol. The van der Waals surface area contributed by atoms with E-state index in [-0.39, 0.29) is 11.8 Å². The zero-order valence-corrected chi connectivity index (χ0v) is 14.8. The van der Waals surface area contributed by atoms with Gasteiger partial charge < -0.3 is 19.7 Å². The maximum atomic E-state index is 12.8. The number of ether oxygens (including phenoxy) is 2. The molecule has 2 atom stereocenters. The molecule has 6 heteroatoms. The first-order chi connectivity index (χ1) is 12.6. The number of nitrogens with one attached hydrogen (secondary N) is 1. The summed E-state index contributed by atoms with van der Waals surface area (Å²) in [5.74, 6) is 0.885. The van der Waals surface area contributed by atoms with Gasteiger partial charge in [0.1, 0.15) is 11.8 Å². The standard InChI is InChI=1S/C20H24N2O4/c1-13-7-8-17(19(23)21-13)22-10-16-15(20(22)24)5-2-6-18(16)26-12-14-4-3-9-25-11-14/h2,5-6,14,17H,1,3-4,7-12H2,(H,21,23). The van der Waals surface area contributed by atoms with Gasteiger partial charge in [-0.2, -0.15) is 0 Å². The fraction of sp³-hybridized carbons (Fsp3) is 0.500. The molecule has 2 fully saturated rings. The monoisotopic (exact) mass is 356 g/mol. The second kappa shape index (κ2) is 7.11. The Morgan fingerprint density at radius 2 is 2.19 bits per heavy atom. The Balaban J connectivity index is 1.48. The van der Waals surface area contributed by atoms with Crippen molar-refractivity contribution in [2.45, 2.75) is 38.3 Å². The molecule has 3 aliphatic heterocycles. The summed E-state index contributed by atoms with van der Waals surface area (Å²) in [5.41, 5.74) is 2.24. The summed E-state index contributed by atoms with van der Waals surface area (Å²) in [6.07, 6.45) is 3.48. The molecule has 0 saturated carbocycles. The van der Waals surface area contributed by atoms with Crippen LogP contribution < -0.4 is 10.1 Å². The molecule has 0 bridgehead atoms. The SMILES string of the molecule is C=C1CCC(N2Cc3c(OCC4CCCOC4)cccc3C2=O)C(=O)N1. The molecule has 0 radical (unpaired) electrons. The van der Waals surface area contributed by atoms with Gasteiger partial charge in [0.05, 0.1) is 19.8 Å². The molecule has 4 rings (SSSR count). The highest BCUT2D eigenvalue weighted by molar-refractivity contribution is 6.02. The van der Waals surface area contributed by atoms with Crippen LogP contribution in [0.2, 0.25) is 0 Å². The summed E-state index contributed by atoms with van der Waals surface area (Å²) in [6.45, 7) is 6.36. The topological polar surface area (TPSA) is 67.9 Å². The first-order valence-electron chi connectivity index (χ1n) is 9.25. The summed E-state index contributed by atoms with van der Waals surface area (Å²) in [6, 6.07) is 5.12. The summed E-state index contributed by atoms with van der Waals surface area (Å²) >= 11 is 0. The first-order valence-corrected chi connectivity index (χ1v) is 9.25. The van der Waals surface area contributed by atoms with Gasteiger partial charge >= 0.3 is 0 Å². The molecule has 2 amide bonds. The first kappa shape index (κ1) is 17.1. The fourth-order valence-corrected chi connectivity index (χ4v) is 3.92. The van der Waals surface area contributed by atoms with Crippen molar-refractivity contribution in [3.63, 3.8) is 0 Å². The Bertz CT molecular complexity index is 739. The van der Waals surface area contributed by atoms with Crippen molar-refractivity contribution in [2.75, 3.05) is 19.8 Å². The van der Waals surface area contributed by atoms with Crippen molar-refractivity contribution < 1.29 is 19.1 Å². The van der Waals surface area contributed by atoms with Crippen molar-refractivity contribution in [3.8, 4) is 5.75 Å². The molecule has 0 spiro atoms. The number of allylic oxidation sites excluding steroid dienone is 1. The predicted octanol–water partition coefficient (Wildman–Crippen LogP) is 2.24. The molecule has 6 nitrogen and oxygen atoms in total. The highest BCUT2D eigenvalue weighted by Gasteiger charge is 2.39. The number of hydrogen-bond acceptors (Lipinski definition) is 4. The van der Waals surface area contributed by atoms with E-state index in [9.17, 15) is 9.59 Å². The number of hydrogen-bond donors (Lipinski definition) is 1. The van der Waals surface area contributed by atoms with Crippen molar-refractivity contribution in [3.05, 3.63) is 41.6 Å². The molecule has 2 saturated heterocycles. The van der Waals surface area contributed by atoms with Crippen molar-refractivity contribution in [1.82, 2.24) is 10.2 Å². The smallest absolute Gasteiger partial charge is 0.255 e. The highest BCUT2D eigenvalue weighted by atomic mass is 16.5. The molecule has 0 aromatic heterocycles. The van der Waals surface area contributed by atoms with Crippen LogP contribution in [0.3, 0.4) is 0 Å².